The van der Waals surface area contributed by atoms with Gasteiger partial charge in [-0.25, -0.2) is 0 Å². The van der Waals surface area contributed by atoms with Gasteiger partial charge in [0.05, 0.1) is 0 Å². The minimum Gasteiger partial charge on any atom is -0.307 e. The van der Waals surface area contributed by atoms with Gasteiger partial charge < -0.3 is 5.32 Å². The van der Waals surface area contributed by atoms with E-state index in [1.54, 1.807) is 0 Å². The quantitative estimate of drug-likeness (QED) is 0.856. The van der Waals surface area contributed by atoms with E-state index in [1.807, 2.05) is 18.5 Å². The van der Waals surface area contributed by atoms with E-state index in [4.69, 9.17) is 0 Å². The molecule has 0 amide bonds. The van der Waals surface area contributed by atoms with E-state index in [-0.39, 0.29) is 0 Å². The molecule has 1 N–H and O–H groups in total. The normalized spacial score (nSPS) is 21.1. The molecule has 1 aromatic heterocycles. The second-order valence-electron chi connectivity index (χ2n) is 5.36. The molecule has 1 unspecified atom stereocenters. The van der Waals surface area contributed by atoms with Gasteiger partial charge >= 0.3 is 0 Å². The highest BCUT2D eigenvalue weighted by Gasteiger charge is 2.21. The first-order valence-corrected chi connectivity index (χ1v) is 6.93. The minimum atomic E-state index is 0.403. The molecule has 1 aliphatic rings. The smallest absolute Gasteiger partial charge is 0.0315 e. The van der Waals surface area contributed by atoms with Gasteiger partial charge in [0.15, 0.2) is 0 Å². The number of nitrogens with one attached hydrogen (secondary N) is 1. The molecule has 0 radical (unpaired) electrons. The van der Waals surface area contributed by atoms with Crippen molar-refractivity contribution in [2.75, 3.05) is 0 Å². The second-order valence-corrected chi connectivity index (χ2v) is 5.36. The van der Waals surface area contributed by atoms with Gasteiger partial charge in [-0.3, -0.25) is 4.98 Å². The van der Waals surface area contributed by atoms with E-state index < -0.39 is 0 Å². The predicted octanol–water partition coefficient (Wildman–Crippen LogP) is 3.70. The molecule has 1 saturated carbocycles. The standard InChI is InChI=1S/C15H24N2/c1-12(14-7-4-3-5-8-14)17-13(2)15-9-6-10-16-11-15/h6,9-14,17H,3-5,7-8H2,1-2H3/t12-,13?/m1/s1. The molecule has 2 heteroatoms. The van der Waals surface area contributed by atoms with Crippen LogP contribution < -0.4 is 5.32 Å². The molecule has 0 bridgehead atoms. The molecular weight excluding hydrogens is 208 g/mol. The van der Waals surface area contributed by atoms with Crippen molar-refractivity contribution in [2.45, 2.75) is 58.0 Å². The molecule has 2 nitrogen and oxygen atoms in total. The summed E-state index contributed by atoms with van der Waals surface area (Å²) < 4.78 is 0. The lowest BCUT2D eigenvalue weighted by atomic mass is 9.84. The van der Waals surface area contributed by atoms with Gasteiger partial charge in [0, 0.05) is 24.5 Å². The maximum absolute atomic E-state index is 4.19. The van der Waals surface area contributed by atoms with Crippen LogP contribution in [0.1, 0.15) is 57.6 Å². The fourth-order valence-electron chi connectivity index (χ4n) is 2.89. The summed E-state index contributed by atoms with van der Waals surface area (Å²) in [4.78, 5) is 4.19. The van der Waals surface area contributed by atoms with Crippen molar-refractivity contribution in [3.8, 4) is 0 Å². The molecular formula is C15H24N2. The maximum atomic E-state index is 4.19. The van der Waals surface area contributed by atoms with Crippen LogP contribution in [0.15, 0.2) is 24.5 Å². The number of aromatic nitrogens is 1. The van der Waals surface area contributed by atoms with Crippen LogP contribution in [0.5, 0.6) is 0 Å². The van der Waals surface area contributed by atoms with Crippen molar-refractivity contribution in [2.24, 2.45) is 5.92 Å². The third-order valence-electron chi connectivity index (χ3n) is 4.05. The Morgan fingerprint density at radius 2 is 2.00 bits per heavy atom. The highest BCUT2D eigenvalue weighted by molar-refractivity contribution is 5.13. The summed E-state index contributed by atoms with van der Waals surface area (Å²) in [6.07, 6.45) is 10.9. The fourth-order valence-corrected chi connectivity index (χ4v) is 2.89. The minimum absolute atomic E-state index is 0.403. The maximum Gasteiger partial charge on any atom is 0.0315 e. The largest absolute Gasteiger partial charge is 0.307 e. The molecule has 0 aliphatic heterocycles. The summed E-state index contributed by atoms with van der Waals surface area (Å²) >= 11 is 0. The first-order valence-electron chi connectivity index (χ1n) is 6.93. The topological polar surface area (TPSA) is 24.9 Å². The summed E-state index contributed by atoms with van der Waals surface area (Å²) in [6.45, 7) is 4.57. The highest BCUT2D eigenvalue weighted by Crippen LogP contribution is 2.27. The lowest BCUT2D eigenvalue weighted by Crippen LogP contribution is -2.36. The number of pyridine rings is 1. The molecule has 1 heterocycles. The predicted molar refractivity (Wildman–Crippen MR) is 71.8 cm³/mol. The first-order chi connectivity index (χ1) is 8.27. The monoisotopic (exact) mass is 232 g/mol. The number of rotatable bonds is 4. The SMILES string of the molecule is CC(N[C@H](C)C1CCCCC1)c1cccnc1. The van der Waals surface area contributed by atoms with Crippen molar-refractivity contribution >= 4 is 0 Å². The van der Waals surface area contributed by atoms with Gasteiger partial charge in [0.25, 0.3) is 0 Å². The van der Waals surface area contributed by atoms with Crippen LogP contribution >= 0.6 is 0 Å². The van der Waals surface area contributed by atoms with E-state index in [0.29, 0.717) is 12.1 Å². The first kappa shape index (κ1) is 12.6. The lowest BCUT2D eigenvalue weighted by Gasteiger charge is -2.30. The third-order valence-corrected chi connectivity index (χ3v) is 4.05. The van der Waals surface area contributed by atoms with E-state index in [1.165, 1.54) is 37.7 Å². The molecule has 1 fully saturated rings. The molecule has 94 valence electrons. The molecule has 0 aromatic carbocycles. The summed E-state index contributed by atoms with van der Waals surface area (Å²) in [7, 11) is 0. The average molecular weight is 232 g/mol. The van der Waals surface area contributed by atoms with Crippen molar-refractivity contribution < 1.29 is 0 Å². The van der Waals surface area contributed by atoms with Gasteiger partial charge in [0.1, 0.15) is 0 Å². The molecule has 17 heavy (non-hydrogen) atoms. The third kappa shape index (κ3) is 3.53. The Bertz CT molecular complexity index is 317. The van der Waals surface area contributed by atoms with Gasteiger partial charge in [-0.1, -0.05) is 25.3 Å². The molecule has 1 aromatic rings. The van der Waals surface area contributed by atoms with Gasteiger partial charge in [-0.15, -0.1) is 0 Å². The van der Waals surface area contributed by atoms with Crippen LogP contribution in [0.25, 0.3) is 0 Å². The molecule has 2 atom stereocenters. The lowest BCUT2D eigenvalue weighted by molar-refractivity contribution is 0.268. The number of hydrogen-bond acceptors (Lipinski definition) is 2. The number of hydrogen-bond donors (Lipinski definition) is 1. The van der Waals surface area contributed by atoms with Crippen molar-refractivity contribution in [3.63, 3.8) is 0 Å². The van der Waals surface area contributed by atoms with Gasteiger partial charge in [0.2, 0.25) is 0 Å². The Kier molecular flexibility index (Phi) is 4.55. The molecule has 1 aliphatic carbocycles. The Labute approximate surface area is 105 Å². The van der Waals surface area contributed by atoms with E-state index in [9.17, 15) is 0 Å². The van der Waals surface area contributed by atoms with Crippen molar-refractivity contribution in [3.05, 3.63) is 30.1 Å². The summed E-state index contributed by atoms with van der Waals surface area (Å²) in [5.41, 5.74) is 1.29. The second kappa shape index (κ2) is 6.15. The summed E-state index contributed by atoms with van der Waals surface area (Å²) in [5.74, 6) is 0.864. The van der Waals surface area contributed by atoms with Crippen molar-refractivity contribution in [1.82, 2.24) is 10.3 Å². The van der Waals surface area contributed by atoms with E-state index in [0.717, 1.165) is 5.92 Å². The Morgan fingerprint density at radius 1 is 1.24 bits per heavy atom. The van der Waals surface area contributed by atoms with E-state index in [2.05, 4.69) is 30.2 Å². The van der Waals surface area contributed by atoms with Crippen LogP contribution in [-0.2, 0) is 0 Å². The van der Waals surface area contributed by atoms with Crippen LogP contribution in [0.2, 0.25) is 0 Å². The van der Waals surface area contributed by atoms with Crippen LogP contribution in [-0.4, -0.2) is 11.0 Å². The fraction of sp³-hybridized carbons (Fsp3) is 0.667. The van der Waals surface area contributed by atoms with Gasteiger partial charge in [-0.2, -0.15) is 0 Å². The zero-order valence-electron chi connectivity index (χ0n) is 11.0. The summed E-state index contributed by atoms with van der Waals surface area (Å²) in [5, 5.41) is 3.73. The Hall–Kier alpha value is -0.890. The zero-order valence-corrected chi connectivity index (χ0v) is 11.0. The van der Waals surface area contributed by atoms with Crippen LogP contribution in [0.4, 0.5) is 0 Å². The Balaban J connectivity index is 1.87. The van der Waals surface area contributed by atoms with Crippen molar-refractivity contribution in [1.29, 1.82) is 0 Å². The molecule has 0 spiro atoms. The summed E-state index contributed by atoms with van der Waals surface area (Å²) in [6, 6.07) is 5.18. The Morgan fingerprint density at radius 3 is 2.65 bits per heavy atom. The van der Waals surface area contributed by atoms with E-state index >= 15 is 0 Å². The molecule has 2 rings (SSSR count). The average Bonchev–Trinajstić information content (AvgIpc) is 2.40. The highest BCUT2D eigenvalue weighted by atomic mass is 14.9. The zero-order chi connectivity index (χ0) is 12.1. The van der Waals surface area contributed by atoms with Crippen LogP contribution in [0.3, 0.4) is 0 Å². The molecule has 0 saturated heterocycles. The number of nitrogens with zero attached hydrogens (tertiary/aromatic N) is 1. The van der Waals surface area contributed by atoms with Gasteiger partial charge in [-0.05, 0) is 44.2 Å². The van der Waals surface area contributed by atoms with Crippen LogP contribution in [0, 0.1) is 5.92 Å².